The molecule has 12 nitrogen and oxygen atoms in total. The lowest BCUT2D eigenvalue weighted by molar-refractivity contribution is -0.150. The minimum absolute atomic E-state index is 0.0951. The molecule has 0 aliphatic carbocycles. The van der Waals surface area contributed by atoms with E-state index < -0.39 is 29.2 Å². The van der Waals surface area contributed by atoms with Crippen molar-refractivity contribution < 1.29 is 34.3 Å². The van der Waals surface area contributed by atoms with E-state index in [-0.39, 0.29) is 28.8 Å². The Labute approximate surface area is 172 Å². The number of rotatable bonds is 8. The van der Waals surface area contributed by atoms with Gasteiger partial charge in [0, 0.05) is 18.2 Å². The summed E-state index contributed by atoms with van der Waals surface area (Å²) >= 11 is 2.36. The highest BCUT2D eigenvalue weighted by atomic mass is 32.2. The lowest BCUT2D eigenvalue weighted by atomic mass is 10.0. The SMILES string of the molecule is COCC1=C(C(=O)O)N2C(=O)[C@@H](NC(=O)/C(=N\OC)c3csc(NO)n3)[C@H]2SC1. The molecule has 0 bridgehead atoms. The van der Waals surface area contributed by atoms with Crippen molar-refractivity contribution in [2.75, 3.05) is 32.1 Å². The van der Waals surface area contributed by atoms with Gasteiger partial charge in [0.05, 0.1) is 6.61 Å². The Kier molecular flexibility index (Phi) is 6.36. The molecule has 1 aromatic heterocycles. The maximum Gasteiger partial charge on any atom is 0.352 e. The molecule has 0 spiro atoms. The standard InChI is InChI=1S/C15H17N5O7S2/c1-26-3-6-4-28-13-9(12(22)20(13)10(6)14(23)24)17-11(21)8(19-27-2)7-5-29-15(16-7)18-25/h5,9,13,25H,3-4H2,1-2H3,(H,16,18)(H,17,21)(H,23,24)/b19-8-/t9-,13-/m1/s1. The minimum Gasteiger partial charge on any atom is -0.477 e. The van der Waals surface area contributed by atoms with E-state index in [1.807, 2.05) is 5.48 Å². The third kappa shape index (κ3) is 3.91. The number of aromatic nitrogens is 1. The Bertz CT molecular complexity index is 899. The van der Waals surface area contributed by atoms with Crippen LogP contribution in [-0.4, -0.2) is 81.7 Å². The van der Waals surface area contributed by atoms with Crippen molar-refractivity contribution in [2.24, 2.45) is 5.16 Å². The Morgan fingerprint density at radius 1 is 1.45 bits per heavy atom. The summed E-state index contributed by atoms with van der Waals surface area (Å²) in [6, 6.07) is -0.929. The first-order chi connectivity index (χ1) is 13.9. The van der Waals surface area contributed by atoms with Crippen molar-refractivity contribution in [3.05, 3.63) is 22.3 Å². The van der Waals surface area contributed by atoms with Crippen LogP contribution in [0.25, 0.3) is 0 Å². The number of thioether (sulfide) groups is 1. The highest BCUT2D eigenvalue weighted by Gasteiger charge is 2.54. The second-order valence-corrected chi connectivity index (χ2v) is 7.79. The first-order valence-electron chi connectivity index (χ1n) is 8.09. The molecule has 3 rings (SSSR count). The maximum absolute atomic E-state index is 12.7. The van der Waals surface area contributed by atoms with Gasteiger partial charge in [0.1, 0.15) is 29.9 Å². The zero-order chi connectivity index (χ0) is 21.1. The van der Waals surface area contributed by atoms with Gasteiger partial charge < -0.3 is 20.0 Å². The molecule has 14 heteroatoms. The normalized spacial score (nSPS) is 21.4. The average molecular weight is 443 g/mol. The second-order valence-electron chi connectivity index (χ2n) is 5.82. The molecule has 0 radical (unpaired) electrons. The summed E-state index contributed by atoms with van der Waals surface area (Å²) in [5.74, 6) is -2.14. The number of carboxylic acid groups (broad SMARTS) is 1. The highest BCUT2D eigenvalue weighted by Crippen LogP contribution is 2.40. The van der Waals surface area contributed by atoms with E-state index in [1.54, 1.807) is 0 Å². The van der Waals surface area contributed by atoms with E-state index in [1.165, 1.54) is 31.4 Å². The monoisotopic (exact) mass is 443 g/mol. The van der Waals surface area contributed by atoms with E-state index in [9.17, 15) is 19.5 Å². The van der Waals surface area contributed by atoms with Crippen LogP contribution < -0.4 is 10.8 Å². The van der Waals surface area contributed by atoms with Crippen molar-refractivity contribution in [2.45, 2.75) is 11.4 Å². The fraction of sp³-hybridized carbons (Fsp3) is 0.400. The van der Waals surface area contributed by atoms with Crippen LogP contribution in [0.4, 0.5) is 5.13 Å². The number of hydrogen-bond donors (Lipinski definition) is 4. The van der Waals surface area contributed by atoms with Crippen molar-refractivity contribution >= 4 is 51.7 Å². The molecule has 0 saturated carbocycles. The van der Waals surface area contributed by atoms with Gasteiger partial charge in [0.2, 0.25) is 5.13 Å². The van der Waals surface area contributed by atoms with Crippen LogP contribution in [0.1, 0.15) is 5.69 Å². The second kappa shape index (κ2) is 8.77. The number of aliphatic carboxylic acids is 1. The number of nitrogens with one attached hydrogen (secondary N) is 2. The number of carboxylic acids is 1. The number of β-lactam (4-membered cyclic amide) rings is 1. The fourth-order valence-electron chi connectivity index (χ4n) is 2.91. The van der Waals surface area contributed by atoms with E-state index in [0.717, 1.165) is 16.2 Å². The Morgan fingerprint density at radius 3 is 2.79 bits per heavy atom. The average Bonchev–Trinajstić information content (AvgIpc) is 3.18. The van der Waals surface area contributed by atoms with Crippen LogP contribution >= 0.6 is 23.1 Å². The summed E-state index contributed by atoms with van der Waals surface area (Å²) in [7, 11) is 2.69. The molecule has 4 N–H and O–H groups in total. The molecule has 3 heterocycles. The van der Waals surface area contributed by atoms with Gasteiger partial charge >= 0.3 is 5.97 Å². The predicted molar refractivity (Wildman–Crippen MR) is 103 cm³/mol. The molecule has 0 aromatic carbocycles. The number of thiazole rings is 1. The molecule has 0 unspecified atom stereocenters. The number of fused-ring (bicyclic) bond motifs is 1. The number of oxime groups is 1. The molecule has 29 heavy (non-hydrogen) atoms. The summed E-state index contributed by atoms with van der Waals surface area (Å²) in [6.45, 7) is 0.0951. The molecule has 2 aliphatic rings. The van der Waals surface area contributed by atoms with E-state index in [2.05, 4.69) is 20.3 Å². The van der Waals surface area contributed by atoms with Gasteiger partial charge in [-0.2, -0.15) is 0 Å². The summed E-state index contributed by atoms with van der Waals surface area (Å²) in [4.78, 5) is 46.7. The largest absolute Gasteiger partial charge is 0.477 e. The van der Waals surface area contributed by atoms with Crippen molar-refractivity contribution in [1.29, 1.82) is 0 Å². The fourth-order valence-corrected chi connectivity index (χ4v) is 4.83. The number of nitrogens with zero attached hydrogens (tertiary/aromatic N) is 3. The van der Waals surface area contributed by atoms with Gasteiger partial charge in [0.25, 0.3) is 11.8 Å². The number of anilines is 1. The molecule has 2 aliphatic heterocycles. The van der Waals surface area contributed by atoms with Gasteiger partial charge in [0.15, 0.2) is 5.71 Å². The smallest absolute Gasteiger partial charge is 0.352 e. The lowest BCUT2D eigenvalue weighted by Crippen LogP contribution is -2.71. The van der Waals surface area contributed by atoms with Gasteiger partial charge in [-0.05, 0) is 5.57 Å². The summed E-state index contributed by atoms with van der Waals surface area (Å²) < 4.78 is 5.01. The van der Waals surface area contributed by atoms with E-state index in [4.69, 9.17) is 9.94 Å². The summed E-state index contributed by atoms with van der Waals surface area (Å²) in [5, 5.41) is 25.7. The molecule has 1 saturated heterocycles. The molecule has 2 atom stereocenters. The van der Waals surface area contributed by atoms with Crippen molar-refractivity contribution in [3.63, 3.8) is 0 Å². The van der Waals surface area contributed by atoms with Crippen molar-refractivity contribution in [1.82, 2.24) is 15.2 Å². The first-order valence-corrected chi connectivity index (χ1v) is 10.0. The molecule has 1 fully saturated rings. The number of ether oxygens (including phenoxy) is 1. The van der Waals surface area contributed by atoms with E-state index >= 15 is 0 Å². The van der Waals surface area contributed by atoms with Gasteiger partial charge in [-0.1, -0.05) is 5.16 Å². The van der Waals surface area contributed by atoms with Crippen LogP contribution in [0, 0.1) is 0 Å². The Hall–Kier alpha value is -2.68. The molecule has 156 valence electrons. The van der Waals surface area contributed by atoms with Crippen LogP contribution in [-0.2, 0) is 24.0 Å². The maximum atomic E-state index is 12.7. The predicted octanol–water partition coefficient (Wildman–Crippen LogP) is -0.320. The first kappa shape index (κ1) is 21.0. The lowest BCUT2D eigenvalue weighted by Gasteiger charge is -2.49. The topological polar surface area (TPSA) is 163 Å². The van der Waals surface area contributed by atoms with Gasteiger partial charge in [-0.15, -0.1) is 23.1 Å². The number of carbonyl (C=O) groups excluding carboxylic acids is 2. The third-order valence-corrected chi connectivity index (χ3v) is 6.18. The zero-order valence-corrected chi connectivity index (χ0v) is 16.9. The van der Waals surface area contributed by atoms with Crippen LogP contribution in [0.15, 0.2) is 21.8 Å². The Morgan fingerprint density at radius 2 is 2.21 bits per heavy atom. The quantitative estimate of drug-likeness (QED) is 0.238. The molecule has 2 amide bonds. The van der Waals surface area contributed by atoms with Crippen LogP contribution in [0.3, 0.4) is 0 Å². The van der Waals surface area contributed by atoms with Crippen molar-refractivity contribution in [3.8, 4) is 0 Å². The van der Waals surface area contributed by atoms with E-state index in [0.29, 0.717) is 11.3 Å². The van der Waals surface area contributed by atoms with Crippen LogP contribution in [0.2, 0.25) is 0 Å². The molecule has 1 aromatic rings. The number of methoxy groups -OCH3 is 1. The van der Waals surface area contributed by atoms with Gasteiger partial charge in [-0.3, -0.25) is 19.7 Å². The van der Waals surface area contributed by atoms with Gasteiger partial charge in [-0.25, -0.2) is 15.3 Å². The number of hydrogen-bond acceptors (Lipinski definition) is 11. The summed E-state index contributed by atoms with van der Waals surface area (Å²) in [6.07, 6.45) is 0. The Balaban J connectivity index is 1.78. The highest BCUT2D eigenvalue weighted by molar-refractivity contribution is 8.00. The molecular weight excluding hydrogens is 426 g/mol. The third-order valence-electron chi connectivity index (χ3n) is 4.10. The van der Waals surface area contributed by atoms with Crippen LogP contribution in [0.5, 0.6) is 0 Å². The summed E-state index contributed by atoms with van der Waals surface area (Å²) in [5.41, 5.74) is 2.19. The number of amides is 2. The molecular formula is C15H17N5O7S2. The minimum atomic E-state index is -1.23. The zero-order valence-electron chi connectivity index (χ0n) is 15.2. The number of carbonyl (C=O) groups is 3.